The van der Waals surface area contributed by atoms with Crippen molar-refractivity contribution in [3.8, 4) is 0 Å². The van der Waals surface area contributed by atoms with Crippen LogP contribution in [0.25, 0.3) is 22.3 Å². The number of anilines is 2. The summed E-state index contributed by atoms with van der Waals surface area (Å²) in [6.45, 7) is 10.2. The number of rotatable bonds is 9. The molecule has 1 saturated heterocycles. The van der Waals surface area contributed by atoms with E-state index in [-0.39, 0.29) is 51.2 Å². The van der Waals surface area contributed by atoms with Crippen molar-refractivity contribution in [3.05, 3.63) is 96.6 Å². The summed E-state index contributed by atoms with van der Waals surface area (Å²) in [5, 5.41) is 0. The Morgan fingerprint density at radius 2 is 1.28 bits per heavy atom. The summed E-state index contributed by atoms with van der Waals surface area (Å²) in [5.41, 5.74) is 10.3. The first-order valence-corrected chi connectivity index (χ1v) is 20.6. The molecule has 1 fully saturated rings. The second kappa shape index (κ2) is 16.2. The van der Waals surface area contributed by atoms with Crippen LogP contribution in [0.2, 0.25) is 0 Å². The average Bonchev–Trinajstić information content (AvgIpc) is 3.93. The summed E-state index contributed by atoms with van der Waals surface area (Å²) >= 11 is 0. The van der Waals surface area contributed by atoms with Crippen molar-refractivity contribution in [2.45, 2.75) is 62.9 Å². The number of nitrogens with one attached hydrogen (secondary N) is 3. The van der Waals surface area contributed by atoms with Crippen molar-refractivity contribution in [3.63, 3.8) is 0 Å². The maximum absolute atomic E-state index is 13.0. The third-order valence-electron chi connectivity index (χ3n) is 8.76. The maximum Gasteiger partial charge on any atom is 0.410 e. The van der Waals surface area contributed by atoms with Crippen molar-refractivity contribution >= 4 is 66.0 Å². The molecule has 5 heterocycles. The number of hydrogen-bond acceptors (Lipinski definition) is 14. The monoisotopic (exact) mass is 817 g/mol. The van der Waals surface area contributed by atoms with Crippen LogP contribution in [0, 0.1) is 19.8 Å². The first kappa shape index (κ1) is 40.5. The molecule has 0 radical (unpaired) electrons. The van der Waals surface area contributed by atoms with Crippen molar-refractivity contribution in [1.82, 2.24) is 38.2 Å². The van der Waals surface area contributed by atoms with Gasteiger partial charge in [0.05, 0.1) is 22.2 Å². The summed E-state index contributed by atoms with van der Waals surface area (Å²) in [4.78, 5) is 43.4. The fourth-order valence-corrected chi connectivity index (χ4v) is 8.47. The standard InChI is InChI=1S/C24H30N6O5S.C13H13N5O2S/c1-16-5-7-18(8-6-16)36(33,34)30-12-10-19-22(30)25-14-20(26-19)27-28-21(31)13-17-9-11-29(15-17)23(32)35-24(2,3)4;1-9-2-4-10(5-3-9)21(19,20)18-7-6-11-13(18)15-8-12(16-11)17-14/h5-8,10,12,14,17H,9,11,13,15H2,1-4H3,(H,26,27)(H,28,31);2-8H,14H2,1H3,(H,16,17)/t17-;/m0./s1. The van der Waals surface area contributed by atoms with Crippen LogP contribution in [0.4, 0.5) is 16.4 Å². The van der Waals surface area contributed by atoms with Gasteiger partial charge >= 0.3 is 6.09 Å². The summed E-state index contributed by atoms with van der Waals surface area (Å²) in [7, 11) is -7.52. The van der Waals surface area contributed by atoms with E-state index < -0.39 is 25.6 Å². The molecule has 57 heavy (non-hydrogen) atoms. The number of hydrogen-bond donors (Lipinski definition) is 4. The molecule has 1 aliphatic heterocycles. The first-order valence-electron chi connectivity index (χ1n) is 17.8. The lowest BCUT2D eigenvalue weighted by Crippen LogP contribution is -2.36. The van der Waals surface area contributed by atoms with Gasteiger partial charge in [0.1, 0.15) is 16.6 Å². The van der Waals surface area contributed by atoms with Gasteiger partial charge in [-0.25, -0.2) is 55.4 Å². The zero-order valence-corrected chi connectivity index (χ0v) is 33.5. The molecule has 0 saturated carbocycles. The molecular weight excluding hydrogens is 775 g/mol. The fourth-order valence-electron chi connectivity index (χ4n) is 5.88. The Bertz CT molecular complexity index is 2640. The Balaban J connectivity index is 0.000000221. The second-order valence-electron chi connectivity index (χ2n) is 14.4. The van der Waals surface area contributed by atoms with Crippen LogP contribution in [-0.4, -0.2) is 80.3 Å². The Morgan fingerprint density at radius 1 is 0.789 bits per heavy atom. The van der Waals surface area contributed by atoms with Crippen molar-refractivity contribution < 1.29 is 31.2 Å². The molecule has 20 heteroatoms. The smallest absolute Gasteiger partial charge is 0.410 e. The summed E-state index contributed by atoms with van der Waals surface area (Å²) in [6.07, 6.45) is 6.13. The summed E-state index contributed by atoms with van der Waals surface area (Å²) in [5.74, 6) is 5.66. The highest BCUT2D eigenvalue weighted by Crippen LogP contribution is 2.24. The maximum atomic E-state index is 13.0. The number of amides is 2. The molecule has 0 aliphatic carbocycles. The third kappa shape index (κ3) is 9.30. The number of likely N-dealkylation sites (tertiary alicyclic amines) is 1. The van der Waals surface area contributed by atoms with Gasteiger partial charge in [0, 0.05) is 31.9 Å². The minimum absolute atomic E-state index is 0.0221. The highest BCUT2D eigenvalue weighted by Gasteiger charge is 2.31. The van der Waals surface area contributed by atoms with Gasteiger partial charge in [0.15, 0.2) is 22.9 Å². The molecular formula is C37H43N11O7S2. The van der Waals surface area contributed by atoms with Gasteiger partial charge in [-0.05, 0) is 83.4 Å². The van der Waals surface area contributed by atoms with Crippen LogP contribution in [-0.2, 0) is 29.6 Å². The van der Waals surface area contributed by atoms with Crippen LogP contribution >= 0.6 is 0 Å². The highest BCUT2D eigenvalue weighted by atomic mass is 32.2. The lowest BCUT2D eigenvalue weighted by atomic mass is 10.1. The quantitative estimate of drug-likeness (QED) is 0.117. The van der Waals surface area contributed by atoms with Gasteiger partial charge in [-0.2, -0.15) is 0 Å². The Kier molecular flexibility index (Phi) is 11.5. The third-order valence-corrected chi connectivity index (χ3v) is 12.1. The molecule has 4 aromatic heterocycles. The zero-order chi connectivity index (χ0) is 41.1. The number of ether oxygens (including phenoxy) is 1. The molecule has 6 aromatic rings. The number of nitrogens with zero attached hydrogens (tertiary/aromatic N) is 7. The van der Waals surface area contributed by atoms with E-state index in [0.29, 0.717) is 36.4 Å². The number of aryl methyl sites for hydroxylation is 2. The molecule has 2 amide bonds. The molecule has 7 rings (SSSR count). The Labute approximate surface area is 329 Å². The molecule has 18 nitrogen and oxygen atoms in total. The van der Waals surface area contributed by atoms with Gasteiger partial charge in [-0.15, -0.1) is 0 Å². The molecule has 1 atom stereocenters. The van der Waals surface area contributed by atoms with Crippen molar-refractivity contribution in [1.29, 1.82) is 0 Å². The van der Waals surface area contributed by atoms with Crippen molar-refractivity contribution in [2.24, 2.45) is 11.8 Å². The van der Waals surface area contributed by atoms with E-state index in [2.05, 4.69) is 36.2 Å². The predicted octanol–water partition coefficient (Wildman–Crippen LogP) is 4.33. The lowest BCUT2D eigenvalue weighted by molar-refractivity contribution is -0.121. The molecule has 1 aliphatic rings. The highest BCUT2D eigenvalue weighted by molar-refractivity contribution is 7.90. The van der Waals surface area contributed by atoms with E-state index in [9.17, 15) is 26.4 Å². The molecule has 0 unspecified atom stereocenters. The van der Waals surface area contributed by atoms with Crippen LogP contribution in [0.15, 0.2) is 95.2 Å². The van der Waals surface area contributed by atoms with Gasteiger partial charge in [-0.1, -0.05) is 35.4 Å². The topological polar surface area (TPSA) is 238 Å². The van der Waals surface area contributed by atoms with Gasteiger partial charge in [-0.3, -0.25) is 15.6 Å². The summed E-state index contributed by atoms with van der Waals surface area (Å²) in [6, 6.07) is 16.3. The van der Waals surface area contributed by atoms with E-state index in [1.807, 2.05) is 34.6 Å². The minimum Gasteiger partial charge on any atom is -0.444 e. The van der Waals surface area contributed by atoms with Crippen LogP contribution < -0.4 is 22.1 Å². The van der Waals surface area contributed by atoms with Crippen LogP contribution in [0.3, 0.4) is 0 Å². The number of benzene rings is 2. The van der Waals surface area contributed by atoms with Crippen LogP contribution in [0.1, 0.15) is 44.7 Å². The van der Waals surface area contributed by atoms with E-state index >= 15 is 0 Å². The number of carbonyl (C=O) groups is 2. The van der Waals surface area contributed by atoms with E-state index in [1.165, 1.54) is 24.8 Å². The Morgan fingerprint density at radius 3 is 1.77 bits per heavy atom. The number of nitrogens with two attached hydrogens (primary N) is 1. The van der Waals surface area contributed by atoms with Crippen LogP contribution in [0.5, 0.6) is 0 Å². The molecule has 300 valence electrons. The Hall–Kier alpha value is -6.12. The molecule has 0 bridgehead atoms. The number of nitrogen functional groups attached to an aromatic ring is 1. The number of carbonyl (C=O) groups excluding carboxylic acids is 2. The van der Waals surface area contributed by atoms with Gasteiger partial charge < -0.3 is 15.1 Å². The SMILES string of the molecule is Cc1ccc(S(=O)(=O)n2ccc3nc(NN)cnc32)cc1.Cc1ccc(S(=O)(=O)n2ccc3nc(NNC(=O)C[C@@H]4CCN(C(=O)OC(C)(C)C)C4)cnc32)cc1. The lowest BCUT2D eigenvalue weighted by Gasteiger charge is -2.24. The average molecular weight is 818 g/mol. The van der Waals surface area contributed by atoms with Crippen molar-refractivity contribution in [2.75, 3.05) is 23.9 Å². The molecule has 0 spiro atoms. The van der Waals surface area contributed by atoms with Gasteiger partial charge in [0.2, 0.25) is 5.91 Å². The minimum atomic E-state index is -3.82. The number of hydrazine groups is 2. The molecule has 2 aromatic carbocycles. The fraction of sp³-hybridized carbons (Fsp3) is 0.297. The second-order valence-corrected chi connectivity index (χ2v) is 18.0. The van der Waals surface area contributed by atoms with Gasteiger partial charge in [0.25, 0.3) is 20.0 Å². The normalized spacial score (nSPS) is 14.6. The predicted molar refractivity (Wildman–Crippen MR) is 213 cm³/mol. The first-order chi connectivity index (χ1) is 26.9. The van der Waals surface area contributed by atoms with E-state index in [4.69, 9.17) is 10.6 Å². The zero-order valence-electron chi connectivity index (χ0n) is 31.9. The van der Waals surface area contributed by atoms with E-state index in [1.54, 1.807) is 65.6 Å². The number of aromatic nitrogens is 6. The molecule has 5 N–H and O–H groups in total. The summed E-state index contributed by atoms with van der Waals surface area (Å²) < 4.78 is 58.9. The largest absolute Gasteiger partial charge is 0.444 e. The number of fused-ring (bicyclic) bond motifs is 2. The van der Waals surface area contributed by atoms with E-state index in [0.717, 1.165) is 19.1 Å².